The fourth-order valence-corrected chi connectivity index (χ4v) is 3.78. The number of rotatable bonds is 4. The lowest BCUT2D eigenvalue weighted by atomic mass is 10.0. The third kappa shape index (κ3) is 3.54. The van der Waals surface area contributed by atoms with Crippen molar-refractivity contribution in [2.24, 2.45) is 7.05 Å². The normalized spacial score (nSPS) is 12.0. The van der Waals surface area contributed by atoms with Crippen LogP contribution < -0.4 is 0 Å². The Morgan fingerprint density at radius 1 is 1.22 bits per heavy atom. The number of nitrogens with zero attached hydrogens (tertiary/aromatic N) is 1. The summed E-state index contributed by atoms with van der Waals surface area (Å²) in [4.78, 5) is 11.3. The number of aromatic nitrogens is 1. The molecule has 1 N–H and O–H groups in total. The molecule has 0 radical (unpaired) electrons. The molecule has 7 heteroatoms. The molecule has 0 unspecified atom stereocenters. The van der Waals surface area contributed by atoms with E-state index < -0.39 is 11.9 Å². The quantitative estimate of drug-likeness (QED) is 0.555. The number of halogens is 4. The summed E-state index contributed by atoms with van der Waals surface area (Å²) in [7, 11) is 1.78. The lowest BCUT2D eigenvalue weighted by Gasteiger charge is -2.13. The molecule has 2 aromatic carbocycles. The first-order chi connectivity index (χ1) is 12.5. The van der Waals surface area contributed by atoms with Gasteiger partial charge in [0.15, 0.2) is 0 Å². The molecule has 0 aliphatic rings. The Morgan fingerprint density at radius 2 is 1.89 bits per heavy atom. The molecular weight excluding hydrogens is 395 g/mol. The molecular formula is C20H17Cl2F2NO2. The maximum Gasteiger partial charge on any atom is 0.337 e. The average Bonchev–Trinajstić information content (AvgIpc) is 2.87. The van der Waals surface area contributed by atoms with E-state index in [-0.39, 0.29) is 22.6 Å². The Labute approximate surface area is 165 Å². The van der Waals surface area contributed by atoms with Crippen molar-refractivity contribution in [3.05, 3.63) is 68.3 Å². The summed E-state index contributed by atoms with van der Waals surface area (Å²) in [5.74, 6) is -4.08. The van der Waals surface area contributed by atoms with Crippen LogP contribution in [0.15, 0.2) is 30.3 Å². The van der Waals surface area contributed by atoms with E-state index >= 15 is 0 Å². The highest BCUT2D eigenvalue weighted by molar-refractivity contribution is 6.38. The number of fused-ring (bicyclic) bond motifs is 1. The van der Waals surface area contributed by atoms with E-state index in [9.17, 15) is 18.7 Å². The first-order valence-electron chi connectivity index (χ1n) is 8.18. The molecule has 0 bridgehead atoms. The van der Waals surface area contributed by atoms with E-state index in [1.54, 1.807) is 18.5 Å². The van der Waals surface area contributed by atoms with Gasteiger partial charge in [-0.05, 0) is 48.4 Å². The first kappa shape index (κ1) is 19.6. The smallest absolute Gasteiger partial charge is 0.337 e. The van der Waals surface area contributed by atoms with Crippen LogP contribution in [-0.4, -0.2) is 15.6 Å². The van der Waals surface area contributed by atoms with E-state index in [1.807, 2.05) is 6.07 Å². The molecule has 3 nitrogen and oxygen atoms in total. The molecule has 142 valence electrons. The first-order valence-corrected chi connectivity index (χ1v) is 8.93. The van der Waals surface area contributed by atoms with Crippen molar-refractivity contribution in [2.75, 3.05) is 0 Å². The van der Waals surface area contributed by atoms with Gasteiger partial charge in [0.25, 0.3) is 5.92 Å². The minimum absolute atomic E-state index is 0.0288. The summed E-state index contributed by atoms with van der Waals surface area (Å²) in [6.45, 7) is 2.65. The number of benzene rings is 2. The predicted octanol–water partition coefficient (Wildman–Crippen LogP) is 6.19. The van der Waals surface area contributed by atoms with Crippen molar-refractivity contribution >= 4 is 40.1 Å². The average molecular weight is 412 g/mol. The molecule has 1 heterocycles. The predicted molar refractivity (Wildman–Crippen MR) is 103 cm³/mol. The summed E-state index contributed by atoms with van der Waals surface area (Å²) in [6, 6.07) is 7.70. The maximum atomic E-state index is 13.8. The molecule has 3 aromatic rings. The summed E-state index contributed by atoms with van der Waals surface area (Å²) in [6.07, 6.45) is 0.279. The fraction of sp³-hybridized carbons (Fsp3) is 0.250. The molecule has 0 spiro atoms. The number of hydrogen-bond donors (Lipinski definition) is 1. The van der Waals surface area contributed by atoms with Gasteiger partial charge in [-0.1, -0.05) is 23.2 Å². The van der Waals surface area contributed by atoms with Crippen LogP contribution in [0.5, 0.6) is 0 Å². The Morgan fingerprint density at radius 3 is 2.48 bits per heavy atom. The highest BCUT2D eigenvalue weighted by Crippen LogP contribution is 2.35. The van der Waals surface area contributed by atoms with Crippen LogP contribution in [0.1, 0.15) is 39.7 Å². The van der Waals surface area contributed by atoms with Gasteiger partial charge in [0.1, 0.15) is 0 Å². The van der Waals surface area contributed by atoms with Crippen molar-refractivity contribution < 1.29 is 18.7 Å². The van der Waals surface area contributed by atoms with E-state index in [1.165, 1.54) is 24.3 Å². The summed E-state index contributed by atoms with van der Waals surface area (Å²) in [5.41, 5.74) is 2.60. The van der Waals surface area contributed by atoms with Gasteiger partial charge in [0, 0.05) is 47.6 Å². The van der Waals surface area contributed by atoms with Gasteiger partial charge in [0.2, 0.25) is 0 Å². The van der Waals surface area contributed by atoms with Gasteiger partial charge in [0.05, 0.1) is 10.6 Å². The third-order valence-corrected chi connectivity index (χ3v) is 5.54. The molecule has 0 aliphatic carbocycles. The van der Waals surface area contributed by atoms with Crippen molar-refractivity contribution in [1.82, 2.24) is 4.57 Å². The van der Waals surface area contributed by atoms with Gasteiger partial charge in [-0.25, -0.2) is 13.6 Å². The van der Waals surface area contributed by atoms with Crippen LogP contribution in [0.2, 0.25) is 10.0 Å². The summed E-state index contributed by atoms with van der Waals surface area (Å²) >= 11 is 12.5. The number of carboxylic acids is 1. The van der Waals surface area contributed by atoms with Crippen LogP contribution in [-0.2, 0) is 19.4 Å². The number of aromatic carboxylic acids is 1. The molecule has 0 saturated carbocycles. The van der Waals surface area contributed by atoms with Gasteiger partial charge in [-0.2, -0.15) is 0 Å². The molecule has 0 atom stereocenters. The van der Waals surface area contributed by atoms with Crippen LogP contribution in [0.25, 0.3) is 10.9 Å². The number of carboxylic acid groups (broad SMARTS) is 1. The largest absolute Gasteiger partial charge is 0.478 e. The lowest BCUT2D eigenvalue weighted by molar-refractivity contribution is 0.0175. The van der Waals surface area contributed by atoms with E-state index in [2.05, 4.69) is 0 Å². The molecule has 1 aromatic heterocycles. The van der Waals surface area contributed by atoms with Gasteiger partial charge < -0.3 is 9.67 Å². The zero-order valence-electron chi connectivity index (χ0n) is 14.9. The third-order valence-electron chi connectivity index (χ3n) is 4.75. The molecule has 0 amide bonds. The van der Waals surface area contributed by atoms with Gasteiger partial charge >= 0.3 is 5.97 Å². The van der Waals surface area contributed by atoms with E-state index in [0.717, 1.165) is 23.6 Å². The van der Waals surface area contributed by atoms with Crippen LogP contribution >= 0.6 is 23.2 Å². The van der Waals surface area contributed by atoms with Gasteiger partial charge in [-0.15, -0.1) is 0 Å². The number of alkyl halides is 2. The minimum Gasteiger partial charge on any atom is -0.478 e. The van der Waals surface area contributed by atoms with Crippen molar-refractivity contribution in [1.29, 1.82) is 0 Å². The van der Waals surface area contributed by atoms with Crippen molar-refractivity contribution in [2.45, 2.75) is 26.2 Å². The second kappa shape index (κ2) is 6.80. The highest BCUT2D eigenvalue weighted by atomic mass is 35.5. The summed E-state index contributed by atoms with van der Waals surface area (Å²) < 4.78 is 29.4. The zero-order valence-corrected chi connectivity index (χ0v) is 16.4. The van der Waals surface area contributed by atoms with Crippen LogP contribution in [0.3, 0.4) is 0 Å². The number of hydrogen-bond acceptors (Lipinski definition) is 1. The highest BCUT2D eigenvalue weighted by Gasteiger charge is 2.26. The number of aryl methyl sites for hydroxylation is 2. The standard InChI is InChI=1S/C20H17Cl2F2NO2/c1-10-6-11(20(2,23)24)7-17-14(10)8-12(25(17)3)9-15-16(21)5-4-13(18(15)22)19(26)27/h4-8H,9H2,1-3H3,(H,26,27). The Balaban J connectivity index is 2.15. The Bertz CT molecular complexity index is 1070. The Hall–Kier alpha value is -2.11. The number of carbonyl (C=O) groups is 1. The lowest BCUT2D eigenvalue weighted by Crippen LogP contribution is -2.08. The zero-order chi connectivity index (χ0) is 20.1. The molecule has 3 rings (SSSR count). The monoisotopic (exact) mass is 411 g/mol. The van der Waals surface area contributed by atoms with Crippen LogP contribution in [0.4, 0.5) is 8.78 Å². The SMILES string of the molecule is Cc1cc(C(C)(F)F)cc2c1cc(Cc1c(Cl)ccc(C(=O)O)c1Cl)n2C. The molecule has 27 heavy (non-hydrogen) atoms. The Kier molecular flexibility index (Phi) is 4.95. The van der Waals surface area contributed by atoms with Crippen molar-refractivity contribution in [3.8, 4) is 0 Å². The second-order valence-electron chi connectivity index (χ2n) is 6.68. The van der Waals surface area contributed by atoms with E-state index in [0.29, 0.717) is 16.1 Å². The molecule has 0 saturated heterocycles. The molecule has 0 aliphatic heterocycles. The minimum atomic E-state index is -2.94. The second-order valence-corrected chi connectivity index (χ2v) is 7.46. The fourth-order valence-electron chi connectivity index (χ4n) is 3.19. The summed E-state index contributed by atoms with van der Waals surface area (Å²) in [5, 5.41) is 10.5. The van der Waals surface area contributed by atoms with Crippen molar-refractivity contribution in [3.63, 3.8) is 0 Å². The van der Waals surface area contributed by atoms with E-state index in [4.69, 9.17) is 23.2 Å². The topological polar surface area (TPSA) is 42.2 Å². The van der Waals surface area contributed by atoms with Gasteiger partial charge in [-0.3, -0.25) is 0 Å². The molecule has 0 fully saturated rings. The van der Waals surface area contributed by atoms with Crippen LogP contribution in [0, 0.1) is 6.92 Å². The maximum absolute atomic E-state index is 13.8.